The number of aliphatic hydroxyl groups is 1. The van der Waals surface area contributed by atoms with E-state index in [-0.39, 0.29) is 12.5 Å². The third kappa shape index (κ3) is 5.00. The van der Waals surface area contributed by atoms with Crippen LogP contribution in [0.25, 0.3) is 0 Å². The van der Waals surface area contributed by atoms with Crippen LogP contribution >= 0.6 is 11.6 Å². The van der Waals surface area contributed by atoms with Crippen LogP contribution in [0.1, 0.15) is 17.3 Å². The highest BCUT2D eigenvalue weighted by Crippen LogP contribution is 2.22. The van der Waals surface area contributed by atoms with Crippen LogP contribution in [0.15, 0.2) is 18.2 Å². The number of rotatable bonds is 6. The molecule has 0 spiro atoms. The average molecular weight is 301 g/mol. The van der Waals surface area contributed by atoms with E-state index in [1.54, 1.807) is 19.1 Å². The molecule has 20 heavy (non-hydrogen) atoms. The topological polar surface area (TPSA) is 61.8 Å². The molecule has 1 amide bonds. The molecule has 1 atom stereocenters. The monoisotopic (exact) mass is 300 g/mol. The van der Waals surface area contributed by atoms with Gasteiger partial charge in [-0.2, -0.15) is 0 Å². The highest BCUT2D eigenvalue weighted by atomic mass is 35.5. The van der Waals surface area contributed by atoms with Crippen LogP contribution in [-0.2, 0) is 0 Å². The molecule has 0 aliphatic heterocycles. The molecule has 0 heterocycles. The number of carbonyl (C=O) groups excluding carboxylic acids is 1. The summed E-state index contributed by atoms with van der Waals surface area (Å²) in [5.74, 6) is 0.113. The van der Waals surface area contributed by atoms with Gasteiger partial charge in [-0.1, -0.05) is 11.6 Å². The molecule has 1 aromatic rings. The fourth-order valence-electron chi connectivity index (χ4n) is 1.96. The molecule has 112 valence electrons. The van der Waals surface area contributed by atoms with E-state index in [0.717, 1.165) is 0 Å². The summed E-state index contributed by atoms with van der Waals surface area (Å²) < 4.78 is 5.13. The highest BCUT2D eigenvalue weighted by molar-refractivity contribution is 6.31. The Bertz CT molecular complexity index is 475. The lowest BCUT2D eigenvalue weighted by atomic mass is 10.1. The zero-order valence-electron chi connectivity index (χ0n) is 12.2. The Balaban J connectivity index is 2.74. The van der Waals surface area contributed by atoms with Gasteiger partial charge in [0, 0.05) is 18.1 Å². The molecule has 0 saturated carbocycles. The van der Waals surface area contributed by atoms with Crippen molar-refractivity contribution in [2.45, 2.75) is 12.5 Å². The SMILES string of the molecule is COc1ccc(Cl)cc1C(=O)NCC(C)(O)CN(C)C. The van der Waals surface area contributed by atoms with Crippen molar-refractivity contribution >= 4 is 17.5 Å². The van der Waals surface area contributed by atoms with Gasteiger partial charge in [-0.05, 0) is 39.2 Å². The third-order valence-corrected chi connectivity index (χ3v) is 2.93. The maximum Gasteiger partial charge on any atom is 0.255 e. The van der Waals surface area contributed by atoms with Gasteiger partial charge in [0.1, 0.15) is 5.75 Å². The fraction of sp³-hybridized carbons (Fsp3) is 0.500. The molecule has 1 unspecified atom stereocenters. The van der Waals surface area contributed by atoms with Crippen molar-refractivity contribution in [2.24, 2.45) is 0 Å². The van der Waals surface area contributed by atoms with E-state index in [0.29, 0.717) is 22.9 Å². The van der Waals surface area contributed by atoms with Gasteiger partial charge in [-0.15, -0.1) is 0 Å². The summed E-state index contributed by atoms with van der Waals surface area (Å²) in [5.41, 5.74) is -0.661. The maximum absolute atomic E-state index is 12.1. The van der Waals surface area contributed by atoms with Gasteiger partial charge < -0.3 is 20.1 Å². The van der Waals surface area contributed by atoms with Gasteiger partial charge in [0.15, 0.2) is 0 Å². The highest BCUT2D eigenvalue weighted by Gasteiger charge is 2.23. The largest absolute Gasteiger partial charge is 0.496 e. The second-order valence-electron chi connectivity index (χ2n) is 5.26. The van der Waals surface area contributed by atoms with Gasteiger partial charge in [0.05, 0.1) is 18.3 Å². The van der Waals surface area contributed by atoms with Gasteiger partial charge in [0.2, 0.25) is 0 Å². The Morgan fingerprint density at radius 2 is 2.15 bits per heavy atom. The number of nitrogens with zero attached hydrogens (tertiary/aromatic N) is 1. The third-order valence-electron chi connectivity index (χ3n) is 2.69. The zero-order chi connectivity index (χ0) is 15.3. The Morgan fingerprint density at radius 1 is 1.50 bits per heavy atom. The minimum atomic E-state index is -1.01. The number of halogens is 1. The number of methoxy groups -OCH3 is 1. The number of nitrogens with one attached hydrogen (secondary N) is 1. The number of likely N-dealkylation sites (N-methyl/N-ethyl adjacent to an activating group) is 1. The summed E-state index contributed by atoms with van der Waals surface area (Å²) in [4.78, 5) is 14.0. The van der Waals surface area contributed by atoms with E-state index < -0.39 is 5.60 Å². The van der Waals surface area contributed by atoms with E-state index >= 15 is 0 Å². The molecule has 0 saturated heterocycles. The van der Waals surface area contributed by atoms with Crippen LogP contribution in [0, 0.1) is 0 Å². The number of carbonyl (C=O) groups is 1. The van der Waals surface area contributed by atoms with Crippen molar-refractivity contribution in [1.82, 2.24) is 10.2 Å². The molecule has 0 aliphatic rings. The van der Waals surface area contributed by atoms with E-state index in [1.165, 1.54) is 13.2 Å². The first kappa shape index (κ1) is 16.8. The van der Waals surface area contributed by atoms with Crippen molar-refractivity contribution in [1.29, 1.82) is 0 Å². The van der Waals surface area contributed by atoms with Gasteiger partial charge in [0.25, 0.3) is 5.91 Å². The van der Waals surface area contributed by atoms with Crippen molar-refractivity contribution in [3.8, 4) is 5.75 Å². The minimum absolute atomic E-state index is 0.139. The molecule has 0 aromatic heterocycles. The summed E-state index contributed by atoms with van der Waals surface area (Å²) in [6.45, 7) is 2.25. The van der Waals surface area contributed by atoms with Crippen LogP contribution in [0.4, 0.5) is 0 Å². The molecule has 6 heteroatoms. The summed E-state index contributed by atoms with van der Waals surface area (Å²) >= 11 is 5.89. The Labute approximate surface area is 124 Å². The van der Waals surface area contributed by atoms with Crippen LogP contribution in [0.5, 0.6) is 5.75 Å². The second-order valence-corrected chi connectivity index (χ2v) is 5.70. The predicted molar refractivity (Wildman–Crippen MR) is 79.5 cm³/mol. The first-order valence-corrected chi connectivity index (χ1v) is 6.62. The molecule has 2 N–H and O–H groups in total. The van der Waals surface area contributed by atoms with Gasteiger partial charge in [-0.3, -0.25) is 4.79 Å². The number of benzene rings is 1. The lowest BCUT2D eigenvalue weighted by molar-refractivity contribution is 0.0325. The first-order valence-electron chi connectivity index (χ1n) is 6.24. The van der Waals surface area contributed by atoms with Gasteiger partial charge >= 0.3 is 0 Å². The Morgan fingerprint density at radius 3 is 2.70 bits per heavy atom. The van der Waals surface area contributed by atoms with E-state index in [9.17, 15) is 9.90 Å². The minimum Gasteiger partial charge on any atom is -0.496 e. The normalized spacial score (nSPS) is 13.9. The van der Waals surface area contributed by atoms with Crippen LogP contribution in [0.2, 0.25) is 5.02 Å². The summed E-state index contributed by atoms with van der Waals surface area (Å²) in [6.07, 6.45) is 0. The maximum atomic E-state index is 12.1. The molecule has 5 nitrogen and oxygen atoms in total. The quantitative estimate of drug-likeness (QED) is 0.833. The Hall–Kier alpha value is -1.30. The van der Waals surface area contributed by atoms with Crippen molar-refractivity contribution in [2.75, 3.05) is 34.3 Å². The van der Waals surface area contributed by atoms with Crippen LogP contribution < -0.4 is 10.1 Å². The standard InChI is InChI=1S/C14H21ClN2O3/c1-14(19,9-17(2)3)8-16-13(18)11-7-10(15)5-6-12(11)20-4/h5-7,19H,8-9H2,1-4H3,(H,16,18). The lowest BCUT2D eigenvalue weighted by Crippen LogP contribution is -2.47. The van der Waals surface area contributed by atoms with Crippen molar-refractivity contribution in [3.63, 3.8) is 0 Å². The summed E-state index contributed by atoms with van der Waals surface area (Å²) in [5, 5.41) is 13.3. The number of hydrogen-bond donors (Lipinski definition) is 2. The molecular weight excluding hydrogens is 280 g/mol. The molecule has 0 aliphatic carbocycles. The molecular formula is C14H21ClN2O3. The lowest BCUT2D eigenvalue weighted by Gasteiger charge is -2.27. The van der Waals surface area contributed by atoms with Crippen LogP contribution in [-0.4, -0.2) is 55.8 Å². The Kier molecular flexibility index (Phi) is 5.80. The van der Waals surface area contributed by atoms with E-state index in [2.05, 4.69) is 5.32 Å². The number of ether oxygens (including phenoxy) is 1. The first-order chi connectivity index (χ1) is 9.25. The number of amides is 1. The molecule has 1 rings (SSSR count). The smallest absolute Gasteiger partial charge is 0.255 e. The van der Waals surface area contributed by atoms with Gasteiger partial charge in [-0.25, -0.2) is 0 Å². The second kappa shape index (κ2) is 6.92. The zero-order valence-corrected chi connectivity index (χ0v) is 13.0. The molecule has 0 bridgehead atoms. The van der Waals surface area contributed by atoms with E-state index in [1.807, 2.05) is 19.0 Å². The van der Waals surface area contributed by atoms with Crippen molar-refractivity contribution in [3.05, 3.63) is 28.8 Å². The number of hydrogen-bond acceptors (Lipinski definition) is 4. The molecule has 0 radical (unpaired) electrons. The molecule has 1 aromatic carbocycles. The average Bonchev–Trinajstić information content (AvgIpc) is 2.34. The molecule has 0 fully saturated rings. The van der Waals surface area contributed by atoms with Crippen LogP contribution in [0.3, 0.4) is 0 Å². The summed E-state index contributed by atoms with van der Waals surface area (Å²) in [7, 11) is 5.20. The fourth-order valence-corrected chi connectivity index (χ4v) is 2.13. The summed E-state index contributed by atoms with van der Waals surface area (Å²) in [6, 6.07) is 4.82. The predicted octanol–water partition coefficient (Wildman–Crippen LogP) is 1.39. The van der Waals surface area contributed by atoms with Crippen molar-refractivity contribution < 1.29 is 14.6 Å². The van der Waals surface area contributed by atoms with E-state index in [4.69, 9.17) is 16.3 Å².